The maximum absolute atomic E-state index is 12.7. The zero-order valence-electron chi connectivity index (χ0n) is 13.5. The topological polar surface area (TPSA) is 84.9 Å². The van der Waals surface area contributed by atoms with E-state index in [9.17, 15) is 13.2 Å². The van der Waals surface area contributed by atoms with Crippen LogP contribution in [0.4, 0.5) is 0 Å². The van der Waals surface area contributed by atoms with Crippen molar-refractivity contribution in [2.75, 3.05) is 40.0 Å². The molecule has 0 aromatic heterocycles. The second kappa shape index (κ2) is 8.66. The highest BCUT2D eigenvalue weighted by molar-refractivity contribution is 7.89. The first-order valence-electron chi connectivity index (χ1n) is 7.63. The summed E-state index contributed by atoms with van der Waals surface area (Å²) in [5.41, 5.74) is 0. The lowest BCUT2D eigenvalue weighted by atomic mass is 10.3. The van der Waals surface area contributed by atoms with Gasteiger partial charge in [-0.1, -0.05) is 11.6 Å². The van der Waals surface area contributed by atoms with Crippen LogP contribution in [0.1, 0.15) is 12.8 Å². The summed E-state index contributed by atoms with van der Waals surface area (Å²) in [5.74, 6) is -0.236. The molecule has 1 fully saturated rings. The van der Waals surface area contributed by atoms with Crippen LogP contribution in [0.3, 0.4) is 0 Å². The number of nitrogens with zero attached hydrogens (tertiary/aromatic N) is 1. The van der Waals surface area contributed by atoms with Crippen molar-refractivity contribution in [3.05, 3.63) is 23.2 Å². The smallest absolute Gasteiger partial charge is 0.258 e. The molecule has 134 valence electrons. The molecule has 2 rings (SSSR count). The van der Waals surface area contributed by atoms with Crippen LogP contribution in [0.5, 0.6) is 5.75 Å². The third kappa shape index (κ3) is 4.83. The average Bonchev–Trinajstić information content (AvgIpc) is 3.09. The maximum atomic E-state index is 12.7. The highest BCUT2D eigenvalue weighted by atomic mass is 35.5. The molecule has 1 aliphatic heterocycles. The molecule has 1 aromatic rings. The maximum Gasteiger partial charge on any atom is 0.258 e. The van der Waals surface area contributed by atoms with Gasteiger partial charge in [-0.05, 0) is 31.0 Å². The van der Waals surface area contributed by atoms with E-state index in [2.05, 4.69) is 5.32 Å². The number of amides is 1. The molecule has 0 saturated carbocycles. The fourth-order valence-electron chi connectivity index (χ4n) is 2.36. The van der Waals surface area contributed by atoms with E-state index in [-0.39, 0.29) is 23.2 Å². The number of carbonyl (C=O) groups excluding carboxylic acids is 1. The van der Waals surface area contributed by atoms with E-state index in [0.29, 0.717) is 31.3 Å². The minimum atomic E-state index is -3.69. The van der Waals surface area contributed by atoms with Crippen molar-refractivity contribution < 1.29 is 22.7 Å². The summed E-state index contributed by atoms with van der Waals surface area (Å²) in [6.07, 6.45) is 1.66. The van der Waals surface area contributed by atoms with E-state index >= 15 is 0 Å². The SMILES string of the molecule is COCCNC(=O)COc1ccc(Cl)cc1S(=O)(=O)N1CCCC1. The predicted molar refractivity (Wildman–Crippen MR) is 89.8 cm³/mol. The van der Waals surface area contributed by atoms with E-state index in [1.165, 1.54) is 29.6 Å². The van der Waals surface area contributed by atoms with Crippen molar-refractivity contribution >= 4 is 27.5 Å². The lowest BCUT2D eigenvalue weighted by molar-refractivity contribution is -0.123. The first-order valence-corrected chi connectivity index (χ1v) is 9.45. The predicted octanol–water partition coefficient (Wildman–Crippen LogP) is 1.27. The molecule has 1 heterocycles. The number of rotatable bonds is 8. The number of hydrogen-bond acceptors (Lipinski definition) is 5. The molecule has 1 aromatic carbocycles. The Hall–Kier alpha value is -1.35. The van der Waals surface area contributed by atoms with Crippen molar-refractivity contribution in [1.29, 1.82) is 0 Å². The Morgan fingerprint density at radius 2 is 2.04 bits per heavy atom. The van der Waals surface area contributed by atoms with Crippen LogP contribution in [-0.4, -0.2) is 58.6 Å². The molecule has 0 aliphatic carbocycles. The molecule has 0 spiro atoms. The largest absolute Gasteiger partial charge is 0.482 e. The number of ether oxygens (including phenoxy) is 2. The Bertz CT molecular complexity index is 674. The van der Waals surface area contributed by atoms with Gasteiger partial charge >= 0.3 is 0 Å². The molecular weight excluding hydrogens is 356 g/mol. The Labute approximate surface area is 146 Å². The number of carbonyl (C=O) groups is 1. The zero-order valence-corrected chi connectivity index (χ0v) is 15.0. The monoisotopic (exact) mass is 376 g/mol. The Kier molecular flexibility index (Phi) is 6.85. The fraction of sp³-hybridized carbons (Fsp3) is 0.533. The molecule has 9 heteroatoms. The lowest BCUT2D eigenvalue weighted by Gasteiger charge is -2.18. The molecule has 24 heavy (non-hydrogen) atoms. The molecule has 1 amide bonds. The van der Waals surface area contributed by atoms with Gasteiger partial charge in [0, 0.05) is 31.8 Å². The van der Waals surface area contributed by atoms with Crippen LogP contribution < -0.4 is 10.1 Å². The minimum Gasteiger partial charge on any atom is -0.482 e. The van der Waals surface area contributed by atoms with Gasteiger partial charge in [0.15, 0.2) is 6.61 Å². The van der Waals surface area contributed by atoms with Gasteiger partial charge in [0.25, 0.3) is 5.91 Å². The third-order valence-corrected chi connectivity index (χ3v) is 5.73. The zero-order chi connectivity index (χ0) is 17.6. The molecular formula is C15H21ClN2O5S. The van der Waals surface area contributed by atoms with Crippen molar-refractivity contribution in [2.24, 2.45) is 0 Å². The van der Waals surface area contributed by atoms with Gasteiger partial charge in [-0.25, -0.2) is 8.42 Å². The number of methoxy groups -OCH3 is 1. The minimum absolute atomic E-state index is 0.0124. The Morgan fingerprint density at radius 1 is 1.33 bits per heavy atom. The van der Waals surface area contributed by atoms with E-state index in [1.54, 1.807) is 0 Å². The first-order chi connectivity index (χ1) is 11.4. The van der Waals surface area contributed by atoms with Crippen LogP contribution in [0, 0.1) is 0 Å². The van der Waals surface area contributed by atoms with E-state index < -0.39 is 10.0 Å². The van der Waals surface area contributed by atoms with Gasteiger partial charge < -0.3 is 14.8 Å². The van der Waals surface area contributed by atoms with Crippen LogP contribution in [0.25, 0.3) is 0 Å². The molecule has 0 bridgehead atoms. The number of halogens is 1. The normalized spacial score (nSPS) is 15.4. The molecule has 0 atom stereocenters. The summed E-state index contributed by atoms with van der Waals surface area (Å²) in [6, 6.07) is 4.35. The summed E-state index contributed by atoms with van der Waals surface area (Å²) in [4.78, 5) is 11.7. The standard InChI is InChI=1S/C15H21ClN2O5S/c1-22-9-6-17-15(19)11-23-13-5-4-12(16)10-14(13)24(20,21)18-7-2-3-8-18/h4-5,10H,2-3,6-9,11H2,1H3,(H,17,19). The van der Waals surface area contributed by atoms with Crippen molar-refractivity contribution in [3.8, 4) is 5.75 Å². The van der Waals surface area contributed by atoms with Crippen LogP contribution in [0.2, 0.25) is 5.02 Å². The average molecular weight is 377 g/mol. The van der Waals surface area contributed by atoms with Crippen LogP contribution >= 0.6 is 11.6 Å². The van der Waals surface area contributed by atoms with Crippen molar-refractivity contribution in [2.45, 2.75) is 17.7 Å². The van der Waals surface area contributed by atoms with Crippen LogP contribution in [0.15, 0.2) is 23.1 Å². The summed E-state index contributed by atoms with van der Waals surface area (Å²) >= 11 is 5.95. The van der Waals surface area contributed by atoms with Crippen molar-refractivity contribution in [1.82, 2.24) is 9.62 Å². The van der Waals surface area contributed by atoms with Gasteiger partial charge in [0.2, 0.25) is 10.0 Å². The lowest BCUT2D eigenvalue weighted by Crippen LogP contribution is -2.32. The Balaban J connectivity index is 2.11. The molecule has 7 nitrogen and oxygen atoms in total. The number of hydrogen-bond donors (Lipinski definition) is 1. The molecule has 0 unspecified atom stereocenters. The van der Waals surface area contributed by atoms with E-state index in [4.69, 9.17) is 21.1 Å². The van der Waals surface area contributed by atoms with Gasteiger partial charge in [-0.2, -0.15) is 4.31 Å². The van der Waals surface area contributed by atoms with Gasteiger partial charge in [-0.15, -0.1) is 0 Å². The number of sulfonamides is 1. The third-order valence-electron chi connectivity index (χ3n) is 3.58. The summed E-state index contributed by atoms with van der Waals surface area (Å²) < 4.78 is 37.1. The van der Waals surface area contributed by atoms with Crippen LogP contribution in [-0.2, 0) is 19.6 Å². The summed E-state index contributed by atoms with van der Waals surface area (Å²) in [7, 11) is -2.15. The fourth-order valence-corrected chi connectivity index (χ4v) is 4.27. The number of nitrogens with one attached hydrogen (secondary N) is 1. The van der Waals surface area contributed by atoms with Gasteiger partial charge in [0.05, 0.1) is 6.61 Å². The highest BCUT2D eigenvalue weighted by Crippen LogP contribution is 2.31. The second-order valence-electron chi connectivity index (χ2n) is 5.33. The van der Waals surface area contributed by atoms with Crippen molar-refractivity contribution in [3.63, 3.8) is 0 Å². The molecule has 0 radical (unpaired) electrons. The number of benzene rings is 1. The second-order valence-corrected chi connectivity index (χ2v) is 7.68. The summed E-state index contributed by atoms with van der Waals surface area (Å²) in [6.45, 7) is 1.42. The van der Waals surface area contributed by atoms with Gasteiger partial charge in [-0.3, -0.25) is 4.79 Å². The van der Waals surface area contributed by atoms with Gasteiger partial charge in [0.1, 0.15) is 10.6 Å². The quantitative estimate of drug-likeness (QED) is 0.690. The molecule has 1 aliphatic rings. The van der Waals surface area contributed by atoms with E-state index in [0.717, 1.165) is 12.8 Å². The molecule has 1 saturated heterocycles. The van der Waals surface area contributed by atoms with E-state index in [1.807, 2.05) is 0 Å². The Morgan fingerprint density at radius 3 is 2.71 bits per heavy atom. The summed E-state index contributed by atoms with van der Waals surface area (Å²) in [5, 5.41) is 2.90. The first kappa shape index (κ1) is 19.0. The highest BCUT2D eigenvalue weighted by Gasteiger charge is 2.30. The molecule has 1 N–H and O–H groups in total.